The van der Waals surface area contributed by atoms with Crippen LogP contribution in [0.3, 0.4) is 0 Å². The SMILES string of the molecule is O=C(NCC1(O)CCCC1)c1cc([N+](=O)[O-])ccc1N1CCCCC1. The second kappa shape index (κ2) is 7.39. The molecule has 2 aliphatic rings. The third-order valence-electron chi connectivity index (χ3n) is 5.24. The molecule has 1 aromatic rings. The number of piperidine rings is 1. The Labute approximate surface area is 147 Å². The Morgan fingerprint density at radius 3 is 2.52 bits per heavy atom. The van der Waals surface area contributed by atoms with Crippen LogP contribution in [0.1, 0.15) is 55.3 Å². The number of rotatable bonds is 5. The molecular weight excluding hydrogens is 322 g/mol. The van der Waals surface area contributed by atoms with Crippen molar-refractivity contribution in [2.24, 2.45) is 0 Å². The fourth-order valence-corrected chi connectivity index (χ4v) is 3.78. The van der Waals surface area contributed by atoms with Gasteiger partial charge in [0.25, 0.3) is 11.6 Å². The third kappa shape index (κ3) is 4.10. The number of amides is 1. The lowest BCUT2D eigenvalue weighted by Gasteiger charge is -2.30. The van der Waals surface area contributed by atoms with Gasteiger partial charge in [-0.15, -0.1) is 0 Å². The molecule has 0 spiro atoms. The maximum atomic E-state index is 12.7. The topological polar surface area (TPSA) is 95.7 Å². The summed E-state index contributed by atoms with van der Waals surface area (Å²) in [7, 11) is 0. The van der Waals surface area contributed by atoms with E-state index in [2.05, 4.69) is 10.2 Å². The first-order chi connectivity index (χ1) is 12.0. The highest BCUT2D eigenvalue weighted by Gasteiger charge is 2.32. The molecule has 2 fully saturated rings. The summed E-state index contributed by atoms with van der Waals surface area (Å²) in [4.78, 5) is 25.4. The lowest BCUT2D eigenvalue weighted by molar-refractivity contribution is -0.384. The Kier molecular flexibility index (Phi) is 5.22. The molecule has 1 saturated heterocycles. The van der Waals surface area contributed by atoms with Gasteiger partial charge in [0.1, 0.15) is 0 Å². The summed E-state index contributed by atoms with van der Waals surface area (Å²) >= 11 is 0. The van der Waals surface area contributed by atoms with E-state index in [0.29, 0.717) is 18.4 Å². The van der Waals surface area contributed by atoms with Crippen molar-refractivity contribution >= 4 is 17.3 Å². The van der Waals surface area contributed by atoms with Crippen LogP contribution >= 0.6 is 0 Å². The molecule has 0 aromatic heterocycles. The number of nitro benzene ring substituents is 1. The number of anilines is 1. The quantitative estimate of drug-likeness (QED) is 0.630. The van der Waals surface area contributed by atoms with Crippen molar-refractivity contribution < 1.29 is 14.8 Å². The summed E-state index contributed by atoms with van der Waals surface area (Å²) in [5.41, 5.74) is 0.117. The van der Waals surface area contributed by atoms with E-state index in [0.717, 1.165) is 50.9 Å². The van der Waals surface area contributed by atoms with Gasteiger partial charge in [0.2, 0.25) is 0 Å². The lowest BCUT2D eigenvalue weighted by Crippen LogP contribution is -2.41. The molecule has 3 rings (SSSR count). The lowest BCUT2D eigenvalue weighted by atomic mass is 10.0. The fraction of sp³-hybridized carbons (Fsp3) is 0.611. The van der Waals surface area contributed by atoms with Crippen LogP contribution in [0.15, 0.2) is 18.2 Å². The number of non-ortho nitro benzene ring substituents is 1. The molecule has 0 atom stereocenters. The minimum absolute atomic E-state index is 0.0921. The highest BCUT2D eigenvalue weighted by atomic mass is 16.6. The molecule has 1 aliphatic heterocycles. The normalized spacial score (nSPS) is 19.6. The Morgan fingerprint density at radius 2 is 1.88 bits per heavy atom. The molecule has 25 heavy (non-hydrogen) atoms. The Morgan fingerprint density at radius 1 is 1.20 bits per heavy atom. The van der Waals surface area contributed by atoms with Gasteiger partial charge in [-0.25, -0.2) is 0 Å². The van der Waals surface area contributed by atoms with Crippen LogP contribution in [0.5, 0.6) is 0 Å². The van der Waals surface area contributed by atoms with E-state index in [-0.39, 0.29) is 18.1 Å². The largest absolute Gasteiger partial charge is 0.388 e. The van der Waals surface area contributed by atoms with E-state index in [1.165, 1.54) is 12.1 Å². The molecule has 2 N–H and O–H groups in total. The van der Waals surface area contributed by atoms with Gasteiger partial charge in [-0.05, 0) is 38.2 Å². The first kappa shape index (κ1) is 17.7. The van der Waals surface area contributed by atoms with E-state index >= 15 is 0 Å². The second-order valence-corrected chi connectivity index (χ2v) is 7.12. The van der Waals surface area contributed by atoms with Crippen molar-refractivity contribution in [2.45, 2.75) is 50.5 Å². The Balaban J connectivity index is 1.81. The Hall–Kier alpha value is -2.15. The molecule has 1 saturated carbocycles. The van der Waals surface area contributed by atoms with E-state index < -0.39 is 10.5 Å². The van der Waals surface area contributed by atoms with Crippen LogP contribution in [0.4, 0.5) is 11.4 Å². The smallest absolute Gasteiger partial charge is 0.270 e. The number of nitro groups is 1. The number of benzene rings is 1. The molecule has 7 nitrogen and oxygen atoms in total. The van der Waals surface area contributed by atoms with E-state index in [1.807, 2.05) is 0 Å². The van der Waals surface area contributed by atoms with Gasteiger partial charge < -0.3 is 15.3 Å². The van der Waals surface area contributed by atoms with E-state index in [9.17, 15) is 20.0 Å². The number of hydrogen-bond acceptors (Lipinski definition) is 5. The molecule has 0 radical (unpaired) electrons. The van der Waals surface area contributed by atoms with E-state index in [1.54, 1.807) is 6.07 Å². The summed E-state index contributed by atoms with van der Waals surface area (Å²) in [5, 5.41) is 24.3. The summed E-state index contributed by atoms with van der Waals surface area (Å²) in [6.07, 6.45) is 6.56. The van der Waals surface area contributed by atoms with Crippen molar-refractivity contribution in [3.05, 3.63) is 33.9 Å². The zero-order valence-corrected chi connectivity index (χ0v) is 14.4. The molecule has 1 heterocycles. The number of nitrogens with zero attached hydrogens (tertiary/aromatic N) is 2. The zero-order chi connectivity index (χ0) is 17.9. The van der Waals surface area contributed by atoms with Crippen molar-refractivity contribution in [3.8, 4) is 0 Å². The van der Waals surface area contributed by atoms with Crippen LogP contribution in [-0.2, 0) is 0 Å². The van der Waals surface area contributed by atoms with Gasteiger partial charge in [0, 0.05) is 31.8 Å². The highest BCUT2D eigenvalue weighted by Crippen LogP contribution is 2.30. The molecule has 1 amide bonds. The summed E-state index contributed by atoms with van der Waals surface area (Å²) in [6, 6.07) is 4.46. The number of aliphatic hydroxyl groups is 1. The van der Waals surface area contributed by atoms with E-state index in [4.69, 9.17) is 0 Å². The number of carbonyl (C=O) groups excluding carboxylic acids is 1. The van der Waals surface area contributed by atoms with Gasteiger partial charge in [-0.1, -0.05) is 12.8 Å². The van der Waals surface area contributed by atoms with Crippen molar-refractivity contribution in [2.75, 3.05) is 24.5 Å². The summed E-state index contributed by atoms with van der Waals surface area (Å²) in [5.74, 6) is -0.357. The van der Waals surface area contributed by atoms with Crippen molar-refractivity contribution in [1.29, 1.82) is 0 Å². The molecule has 0 unspecified atom stereocenters. The van der Waals surface area contributed by atoms with Crippen LogP contribution in [-0.4, -0.2) is 41.2 Å². The minimum Gasteiger partial charge on any atom is -0.388 e. The standard InChI is InChI=1S/C18H25N3O4/c22-17(19-13-18(23)8-2-3-9-18)15-12-14(21(24)25)6-7-16(15)20-10-4-1-5-11-20/h6-7,12,23H,1-5,8-11,13H2,(H,19,22). The molecule has 1 aromatic carbocycles. The van der Waals surface area contributed by atoms with Gasteiger partial charge in [0.05, 0.1) is 21.8 Å². The highest BCUT2D eigenvalue weighted by molar-refractivity contribution is 6.00. The maximum Gasteiger partial charge on any atom is 0.270 e. The van der Waals surface area contributed by atoms with Crippen LogP contribution in [0.2, 0.25) is 0 Å². The maximum absolute atomic E-state index is 12.7. The molecule has 136 valence electrons. The zero-order valence-electron chi connectivity index (χ0n) is 14.4. The van der Waals surface area contributed by atoms with Crippen LogP contribution in [0.25, 0.3) is 0 Å². The van der Waals surface area contributed by atoms with Gasteiger partial charge in [0.15, 0.2) is 0 Å². The van der Waals surface area contributed by atoms with Crippen molar-refractivity contribution in [3.63, 3.8) is 0 Å². The van der Waals surface area contributed by atoms with Gasteiger partial charge in [-0.3, -0.25) is 14.9 Å². The first-order valence-corrected chi connectivity index (χ1v) is 9.02. The van der Waals surface area contributed by atoms with Gasteiger partial charge >= 0.3 is 0 Å². The number of carbonyl (C=O) groups is 1. The average Bonchev–Trinajstić information content (AvgIpc) is 3.07. The third-order valence-corrected chi connectivity index (χ3v) is 5.24. The van der Waals surface area contributed by atoms with Crippen LogP contribution in [0, 0.1) is 10.1 Å². The summed E-state index contributed by atoms with van der Waals surface area (Å²) < 4.78 is 0. The predicted molar refractivity (Wildman–Crippen MR) is 94.9 cm³/mol. The summed E-state index contributed by atoms with van der Waals surface area (Å²) in [6.45, 7) is 1.89. The average molecular weight is 347 g/mol. The monoisotopic (exact) mass is 347 g/mol. The second-order valence-electron chi connectivity index (χ2n) is 7.12. The molecule has 7 heteroatoms. The van der Waals surface area contributed by atoms with Crippen LogP contribution < -0.4 is 10.2 Å². The first-order valence-electron chi connectivity index (χ1n) is 9.02. The Bertz CT molecular complexity index is 650. The fourth-order valence-electron chi connectivity index (χ4n) is 3.78. The number of hydrogen-bond donors (Lipinski definition) is 2. The number of nitrogens with one attached hydrogen (secondary N) is 1. The molecule has 0 bridgehead atoms. The minimum atomic E-state index is -0.846. The molecule has 1 aliphatic carbocycles. The predicted octanol–water partition coefficient (Wildman–Crippen LogP) is 2.62. The molecular formula is C18H25N3O4. The van der Waals surface area contributed by atoms with Gasteiger partial charge in [-0.2, -0.15) is 0 Å². The van der Waals surface area contributed by atoms with Crippen molar-refractivity contribution in [1.82, 2.24) is 5.32 Å².